The zero-order valence-electron chi connectivity index (χ0n) is 11.4. The van der Waals surface area contributed by atoms with E-state index in [1.54, 1.807) is 6.07 Å². The summed E-state index contributed by atoms with van der Waals surface area (Å²) >= 11 is 0. The molecule has 2 N–H and O–H groups in total. The molecule has 0 aromatic heterocycles. The van der Waals surface area contributed by atoms with E-state index in [1.807, 2.05) is 0 Å². The van der Waals surface area contributed by atoms with Crippen LogP contribution in [0.2, 0.25) is 0 Å². The van der Waals surface area contributed by atoms with E-state index in [4.69, 9.17) is 0 Å². The predicted molar refractivity (Wildman–Crippen MR) is 68.9 cm³/mol. The fraction of sp³-hybridized carbons (Fsp3) is 0.500. The number of benzene rings is 1. The lowest BCUT2D eigenvalue weighted by molar-refractivity contribution is -0.216. The molecule has 1 amide bonds. The topological polar surface area (TPSA) is 41.1 Å². The van der Waals surface area contributed by atoms with Gasteiger partial charge in [-0.3, -0.25) is 4.79 Å². The van der Waals surface area contributed by atoms with Gasteiger partial charge in [0, 0.05) is 6.54 Å². The lowest BCUT2D eigenvalue weighted by Gasteiger charge is -2.31. The maximum Gasteiger partial charge on any atom is 0.404 e. The molecule has 1 saturated heterocycles. The Bertz CT molecular complexity index is 524. The SMILES string of the molecule is CC(NC(=O)C1(C(F)(F)F)CCNC1)c1cccc(F)c1. The Hall–Kier alpha value is -1.63. The molecule has 0 bridgehead atoms. The molecular weight excluding hydrogens is 288 g/mol. The van der Waals surface area contributed by atoms with Gasteiger partial charge in [0.25, 0.3) is 0 Å². The number of carbonyl (C=O) groups is 1. The number of hydrogen-bond donors (Lipinski definition) is 2. The predicted octanol–water partition coefficient (Wildman–Crippen LogP) is 2.54. The maximum absolute atomic E-state index is 13.2. The molecule has 116 valence electrons. The molecule has 0 radical (unpaired) electrons. The van der Waals surface area contributed by atoms with Gasteiger partial charge in [-0.05, 0) is 37.6 Å². The third kappa shape index (κ3) is 3.02. The summed E-state index contributed by atoms with van der Waals surface area (Å²) in [5.41, 5.74) is -1.99. The summed E-state index contributed by atoms with van der Waals surface area (Å²) < 4.78 is 52.8. The molecule has 1 aromatic carbocycles. The van der Waals surface area contributed by atoms with E-state index in [-0.39, 0.29) is 13.0 Å². The van der Waals surface area contributed by atoms with Gasteiger partial charge >= 0.3 is 6.18 Å². The first-order chi connectivity index (χ1) is 9.76. The van der Waals surface area contributed by atoms with Crippen LogP contribution in [0.3, 0.4) is 0 Å². The molecule has 0 aliphatic carbocycles. The largest absolute Gasteiger partial charge is 0.404 e. The monoisotopic (exact) mass is 304 g/mol. The molecule has 1 heterocycles. The first-order valence-electron chi connectivity index (χ1n) is 6.60. The van der Waals surface area contributed by atoms with Gasteiger partial charge < -0.3 is 10.6 Å². The molecule has 1 aromatic rings. The van der Waals surface area contributed by atoms with Crippen molar-refractivity contribution >= 4 is 5.91 Å². The van der Waals surface area contributed by atoms with Crippen LogP contribution in [0.1, 0.15) is 24.9 Å². The van der Waals surface area contributed by atoms with Crippen molar-refractivity contribution in [2.75, 3.05) is 13.1 Å². The van der Waals surface area contributed by atoms with E-state index in [9.17, 15) is 22.4 Å². The summed E-state index contributed by atoms with van der Waals surface area (Å²) in [6.45, 7) is 1.23. The third-order valence-corrected chi connectivity index (χ3v) is 3.83. The normalized spacial score (nSPS) is 23.9. The highest BCUT2D eigenvalue weighted by Crippen LogP contribution is 2.43. The smallest absolute Gasteiger partial charge is 0.349 e. The van der Waals surface area contributed by atoms with Crippen molar-refractivity contribution in [3.05, 3.63) is 35.6 Å². The number of rotatable bonds is 3. The Balaban J connectivity index is 2.16. The van der Waals surface area contributed by atoms with E-state index in [0.29, 0.717) is 5.56 Å². The molecule has 0 spiro atoms. The fourth-order valence-electron chi connectivity index (χ4n) is 2.45. The Labute approximate surface area is 119 Å². The molecule has 2 unspecified atom stereocenters. The Kier molecular flexibility index (Phi) is 4.22. The summed E-state index contributed by atoms with van der Waals surface area (Å²) in [5, 5.41) is 4.93. The van der Waals surface area contributed by atoms with Gasteiger partial charge in [0.05, 0.1) is 6.04 Å². The van der Waals surface area contributed by atoms with Crippen LogP contribution in [0.5, 0.6) is 0 Å². The van der Waals surface area contributed by atoms with E-state index >= 15 is 0 Å². The van der Waals surface area contributed by atoms with Gasteiger partial charge in [0.15, 0.2) is 5.41 Å². The molecule has 21 heavy (non-hydrogen) atoms. The van der Waals surface area contributed by atoms with Crippen molar-refractivity contribution in [1.82, 2.24) is 10.6 Å². The van der Waals surface area contributed by atoms with Gasteiger partial charge in [0.1, 0.15) is 5.82 Å². The standard InChI is InChI=1S/C14H16F4N2O/c1-9(10-3-2-4-11(15)7-10)20-12(21)13(14(16,17)18)5-6-19-8-13/h2-4,7,9,19H,5-6,8H2,1H3,(H,20,21). The summed E-state index contributed by atoms with van der Waals surface area (Å²) in [4.78, 5) is 12.1. The summed E-state index contributed by atoms with van der Waals surface area (Å²) in [6.07, 6.45) is -4.92. The second-order valence-electron chi connectivity index (χ2n) is 5.26. The molecule has 0 saturated carbocycles. The third-order valence-electron chi connectivity index (χ3n) is 3.83. The Morgan fingerprint density at radius 1 is 1.43 bits per heavy atom. The van der Waals surface area contributed by atoms with Crippen LogP contribution >= 0.6 is 0 Å². The quantitative estimate of drug-likeness (QED) is 0.843. The maximum atomic E-state index is 13.2. The highest BCUT2D eigenvalue weighted by Gasteiger charge is 2.61. The zero-order valence-corrected chi connectivity index (χ0v) is 11.4. The number of nitrogens with one attached hydrogen (secondary N) is 2. The lowest BCUT2D eigenvalue weighted by atomic mass is 9.84. The number of hydrogen-bond acceptors (Lipinski definition) is 2. The number of alkyl halides is 3. The summed E-state index contributed by atoms with van der Waals surface area (Å²) in [7, 11) is 0. The van der Waals surface area contributed by atoms with Gasteiger partial charge in [-0.2, -0.15) is 13.2 Å². The van der Waals surface area contributed by atoms with Crippen LogP contribution in [0.15, 0.2) is 24.3 Å². The number of halogens is 4. The first-order valence-corrected chi connectivity index (χ1v) is 6.60. The molecule has 1 fully saturated rings. The van der Waals surface area contributed by atoms with Gasteiger partial charge in [0.2, 0.25) is 5.91 Å². The van der Waals surface area contributed by atoms with Gasteiger partial charge in [-0.1, -0.05) is 12.1 Å². The molecule has 1 aliphatic rings. The summed E-state index contributed by atoms with van der Waals surface area (Å²) in [6, 6.07) is 4.73. The second-order valence-corrected chi connectivity index (χ2v) is 5.26. The van der Waals surface area contributed by atoms with Crippen molar-refractivity contribution in [3.8, 4) is 0 Å². The van der Waals surface area contributed by atoms with E-state index < -0.39 is 35.9 Å². The van der Waals surface area contributed by atoms with Crippen molar-refractivity contribution < 1.29 is 22.4 Å². The minimum atomic E-state index is -4.62. The van der Waals surface area contributed by atoms with Crippen molar-refractivity contribution in [1.29, 1.82) is 0 Å². The second kappa shape index (κ2) is 5.63. The lowest BCUT2D eigenvalue weighted by Crippen LogP contribution is -2.52. The minimum Gasteiger partial charge on any atom is -0.349 e. The number of amides is 1. The van der Waals surface area contributed by atoms with Gasteiger partial charge in [-0.25, -0.2) is 4.39 Å². The van der Waals surface area contributed by atoms with Crippen LogP contribution in [-0.4, -0.2) is 25.2 Å². The van der Waals surface area contributed by atoms with Crippen LogP contribution in [0, 0.1) is 11.2 Å². The van der Waals surface area contributed by atoms with Crippen molar-refractivity contribution in [2.24, 2.45) is 5.41 Å². The van der Waals surface area contributed by atoms with Crippen LogP contribution in [0.4, 0.5) is 17.6 Å². The van der Waals surface area contributed by atoms with Crippen LogP contribution in [-0.2, 0) is 4.79 Å². The Morgan fingerprint density at radius 3 is 2.67 bits per heavy atom. The molecule has 3 nitrogen and oxygen atoms in total. The number of carbonyl (C=O) groups excluding carboxylic acids is 1. The zero-order chi connectivity index (χ0) is 15.7. The van der Waals surface area contributed by atoms with E-state index in [1.165, 1.54) is 25.1 Å². The van der Waals surface area contributed by atoms with Crippen molar-refractivity contribution in [2.45, 2.75) is 25.6 Å². The molecule has 7 heteroatoms. The first kappa shape index (κ1) is 15.8. The van der Waals surface area contributed by atoms with Crippen LogP contribution in [0.25, 0.3) is 0 Å². The minimum absolute atomic E-state index is 0.140. The van der Waals surface area contributed by atoms with Crippen molar-refractivity contribution in [3.63, 3.8) is 0 Å². The molecule has 2 atom stereocenters. The van der Waals surface area contributed by atoms with E-state index in [2.05, 4.69) is 10.6 Å². The Morgan fingerprint density at radius 2 is 2.14 bits per heavy atom. The molecule has 2 rings (SSSR count). The van der Waals surface area contributed by atoms with E-state index in [0.717, 1.165) is 0 Å². The highest BCUT2D eigenvalue weighted by atomic mass is 19.4. The fourth-order valence-corrected chi connectivity index (χ4v) is 2.45. The molecule has 1 aliphatic heterocycles. The highest BCUT2D eigenvalue weighted by molar-refractivity contribution is 5.84. The molecular formula is C14H16F4N2O. The average Bonchev–Trinajstić information content (AvgIpc) is 2.88. The van der Waals surface area contributed by atoms with Gasteiger partial charge in [-0.15, -0.1) is 0 Å². The average molecular weight is 304 g/mol. The van der Waals surface area contributed by atoms with Crippen LogP contribution < -0.4 is 10.6 Å². The summed E-state index contributed by atoms with van der Waals surface area (Å²) in [5.74, 6) is -1.57.